The lowest BCUT2D eigenvalue weighted by Gasteiger charge is -2.10. The van der Waals surface area contributed by atoms with E-state index in [4.69, 9.17) is 32.7 Å². The summed E-state index contributed by atoms with van der Waals surface area (Å²) in [4.78, 5) is 24.3. The van der Waals surface area contributed by atoms with Gasteiger partial charge in [0.05, 0.1) is 28.9 Å². The highest BCUT2D eigenvalue weighted by atomic mass is 35.5. The topological polar surface area (TPSA) is 77.0 Å². The fraction of sp³-hybridized carbons (Fsp3) is 0.0455. The molecule has 6 nitrogen and oxygen atoms in total. The number of nitrogens with zero attached hydrogens (tertiary/aromatic N) is 1. The standard InChI is InChI=1S/C22H15Cl2FN2O4/c1-30-20-10-13(12-26-27-21(28)14-3-6-16(25)7-4-14)2-9-19(20)31-22(29)15-5-8-17(23)18(24)11-15/h2-12H,1H3,(H,27,28). The molecule has 1 amide bonds. The molecule has 0 unspecified atom stereocenters. The molecular formula is C22H15Cl2FN2O4. The van der Waals surface area contributed by atoms with Gasteiger partial charge in [-0.05, 0) is 66.2 Å². The van der Waals surface area contributed by atoms with Crippen LogP contribution in [0.3, 0.4) is 0 Å². The van der Waals surface area contributed by atoms with E-state index in [0.717, 1.165) is 0 Å². The number of rotatable bonds is 6. The maximum atomic E-state index is 12.9. The average Bonchev–Trinajstić information content (AvgIpc) is 2.76. The first-order chi connectivity index (χ1) is 14.9. The predicted molar refractivity (Wildman–Crippen MR) is 116 cm³/mol. The fourth-order valence-corrected chi connectivity index (χ4v) is 2.76. The van der Waals surface area contributed by atoms with Crippen LogP contribution in [0, 0.1) is 5.82 Å². The number of carbonyl (C=O) groups excluding carboxylic acids is 2. The summed E-state index contributed by atoms with van der Waals surface area (Å²) in [6.45, 7) is 0. The lowest BCUT2D eigenvalue weighted by molar-refractivity contribution is 0.0729. The van der Waals surface area contributed by atoms with E-state index < -0.39 is 17.7 Å². The summed E-state index contributed by atoms with van der Waals surface area (Å²) < 4.78 is 23.6. The van der Waals surface area contributed by atoms with Gasteiger partial charge in [-0.15, -0.1) is 0 Å². The van der Waals surface area contributed by atoms with Crippen LogP contribution in [-0.2, 0) is 0 Å². The van der Waals surface area contributed by atoms with Crippen LogP contribution >= 0.6 is 23.2 Å². The Hall–Kier alpha value is -3.42. The van der Waals surface area contributed by atoms with Gasteiger partial charge in [-0.1, -0.05) is 23.2 Å². The lowest BCUT2D eigenvalue weighted by Crippen LogP contribution is -2.17. The number of halogens is 3. The summed E-state index contributed by atoms with van der Waals surface area (Å²) in [5.41, 5.74) is 3.41. The Morgan fingerprint density at radius 2 is 1.65 bits per heavy atom. The molecule has 0 fully saturated rings. The lowest BCUT2D eigenvalue weighted by atomic mass is 10.2. The van der Waals surface area contributed by atoms with Crippen LogP contribution in [-0.4, -0.2) is 25.2 Å². The third-order valence-electron chi connectivity index (χ3n) is 4.03. The van der Waals surface area contributed by atoms with Gasteiger partial charge < -0.3 is 9.47 Å². The van der Waals surface area contributed by atoms with Gasteiger partial charge in [0.15, 0.2) is 11.5 Å². The summed E-state index contributed by atoms with van der Waals surface area (Å²) in [6, 6.07) is 14.2. The quantitative estimate of drug-likeness (QED) is 0.239. The molecule has 158 valence electrons. The molecule has 0 saturated carbocycles. The van der Waals surface area contributed by atoms with Crippen LogP contribution in [0.25, 0.3) is 0 Å². The normalized spacial score (nSPS) is 10.7. The minimum atomic E-state index is -0.634. The second-order valence-electron chi connectivity index (χ2n) is 6.13. The van der Waals surface area contributed by atoms with E-state index in [0.29, 0.717) is 10.6 Å². The van der Waals surface area contributed by atoms with Gasteiger partial charge in [-0.25, -0.2) is 14.6 Å². The number of hydrazone groups is 1. The van der Waals surface area contributed by atoms with E-state index in [2.05, 4.69) is 10.5 Å². The zero-order valence-electron chi connectivity index (χ0n) is 16.1. The minimum absolute atomic E-state index is 0.186. The molecule has 0 radical (unpaired) electrons. The third kappa shape index (κ3) is 5.81. The molecule has 9 heteroatoms. The Labute approximate surface area is 187 Å². The van der Waals surface area contributed by atoms with E-state index in [1.807, 2.05) is 0 Å². The fourth-order valence-electron chi connectivity index (χ4n) is 2.46. The average molecular weight is 461 g/mol. The number of ether oxygens (including phenoxy) is 2. The van der Waals surface area contributed by atoms with Crippen molar-refractivity contribution in [2.24, 2.45) is 5.10 Å². The Kier molecular flexibility index (Phi) is 7.23. The number of hydrogen-bond acceptors (Lipinski definition) is 5. The third-order valence-corrected chi connectivity index (χ3v) is 4.77. The Balaban J connectivity index is 1.68. The highest BCUT2D eigenvalue weighted by Crippen LogP contribution is 2.29. The first-order valence-corrected chi connectivity index (χ1v) is 9.57. The monoisotopic (exact) mass is 460 g/mol. The number of hydrogen-bond donors (Lipinski definition) is 1. The molecule has 0 aliphatic rings. The zero-order chi connectivity index (χ0) is 22.4. The maximum absolute atomic E-state index is 12.9. The molecule has 3 aromatic rings. The Morgan fingerprint density at radius 3 is 2.32 bits per heavy atom. The highest BCUT2D eigenvalue weighted by Gasteiger charge is 2.14. The molecule has 0 saturated heterocycles. The van der Waals surface area contributed by atoms with Crippen molar-refractivity contribution in [3.8, 4) is 11.5 Å². The van der Waals surface area contributed by atoms with E-state index in [9.17, 15) is 14.0 Å². The van der Waals surface area contributed by atoms with Gasteiger partial charge in [0, 0.05) is 5.56 Å². The molecule has 0 aliphatic carbocycles. The van der Waals surface area contributed by atoms with Crippen LogP contribution in [0.1, 0.15) is 26.3 Å². The first kappa shape index (κ1) is 22.3. The Morgan fingerprint density at radius 1 is 0.935 bits per heavy atom. The van der Waals surface area contributed by atoms with E-state index in [1.54, 1.807) is 12.1 Å². The summed E-state index contributed by atoms with van der Waals surface area (Å²) in [5.74, 6) is -1.10. The van der Waals surface area contributed by atoms with Crippen LogP contribution in [0.4, 0.5) is 4.39 Å². The molecule has 1 N–H and O–H groups in total. The van der Waals surface area contributed by atoms with Crippen molar-refractivity contribution in [1.82, 2.24) is 5.43 Å². The molecule has 3 rings (SSSR count). The van der Waals surface area contributed by atoms with Crippen LogP contribution in [0.15, 0.2) is 65.8 Å². The molecule has 0 aliphatic heterocycles. The zero-order valence-corrected chi connectivity index (χ0v) is 17.6. The second kappa shape index (κ2) is 10.1. The minimum Gasteiger partial charge on any atom is -0.493 e. The summed E-state index contributed by atoms with van der Waals surface area (Å²) in [7, 11) is 1.42. The van der Waals surface area contributed by atoms with Gasteiger partial charge in [0.2, 0.25) is 0 Å². The molecule has 3 aromatic carbocycles. The largest absolute Gasteiger partial charge is 0.493 e. The molecule has 0 aromatic heterocycles. The van der Waals surface area contributed by atoms with E-state index >= 15 is 0 Å². The van der Waals surface area contributed by atoms with Crippen molar-refractivity contribution >= 4 is 41.3 Å². The number of carbonyl (C=O) groups is 2. The molecule has 0 bridgehead atoms. The highest BCUT2D eigenvalue weighted by molar-refractivity contribution is 6.42. The van der Waals surface area contributed by atoms with Gasteiger partial charge in [-0.2, -0.15) is 5.10 Å². The van der Waals surface area contributed by atoms with Crippen LogP contribution < -0.4 is 14.9 Å². The first-order valence-electron chi connectivity index (χ1n) is 8.81. The van der Waals surface area contributed by atoms with E-state index in [1.165, 1.54) is 61.9 Å². The molecule has 0 heterocycles. The van der Waals surface area contributed by atoms with Crippen LogP contribution in [0.5, 0.6) is 11.5 Å². The Bertz CT molecular complexity index is 1150. The molecule has 31 heavy (non-hydrogen) atoms. The van der Waals surface area contributed by atoms with Crippen molar-refractivity contribution in [3.05, 3.63) is 93.2 Å². The number of esters is 1. The van der Waals surface area contributed by atoms with Crippen molar-refractivity contribution in [2.75, 3.05) is 7.11 Å². The predicted octanol–water partition coefficient (Wildman–Crippen LogP) is 5.12. The van der Waals surface area contributed by atoms with Crippen molar-refractivity contribution < 1.29 is 23.5 Å². The second-order valence-corrected chi connectivity index (χ2v) is 6.95. The SMILES string of the molecule is COc1cc(C=NNC(=O)c2ccc(F)cc2)ccc1OC(=O)c1ccc(Cl)c(Cl)c1. The molecule has 0 spiro atoms. The summed E-state index contributed by atoms with van der Waals surface area (Å²) in [6.07, 6.45) is 1.38. The van der Waals surface area contributed by atoms with Gasteiger partial charge in [-0.3, -0.25) is 4.79 Å². The van der Waals surface area contributed by atoms with Gasteiger partial charge in [0.25, 0.3) is 5.91 Å². The van der Waals surface area contributed by atoms with Crippen molar-refractivity contribution in [3.63, 3.8) is 0 Å². The van der Waals surface area contributed by atoms with Gasteiger partial charge >= 0.3 is 5.97 Å². The molecular weight excluding hydrogens is 446 g/mol. The van der Waals surface area contributed by atoms with Crippen molar-refractivity contribution in [2.45, 2.75) is 0 Å². The van der Waals surface area contributed by atoms with Gasteiger partial charge in [0.1, 0.15) is 5.82 Å². The smallest absolute Gasteiger partial charge is 0.343 e. The number of nitrogens with one attached hydrogen (secondary N) is 1. The summed E-state index contributed by atoms with van der Waals surface area (Å²) in [5, 5.41) is 4.42. The van der Waals surface area contributed by atoms with E-state index in [-0.39, 0.29) is 27.6 Å². The summed E-state index contributed by atoms with van der Waals surface area (Å²) >= 11 is 11.8. The van der Waals surface area contributed by atoms with Crippen molar-refractivity contribution in [1.29, 1.82) is 0 Å². The molecule has 0 atom stereocenters. The number of amides is 1. The van der Waals surface area contributed by atoms with Crippen LogP contribution in [0.2, 0.25) is 10.0 Å². The maximum Gasteiger partial charge on any atom is 0.343 e. The number of methoxy groups -OCH3 is 1. The number of benzene rings is 3.